The number of aromatic nitrogens is 5. The molecule has 0 fully saturated rings. The lowest BCUT2D eigenvalue weighted by Gasteiger charge is -2.10. The van der Waals surface area contributed by atoms with E-state index in [0.29, 0.717) is 22.7 Å². The van der Waals surface area contributed by atoms with Gasteiger partial charge in [0.2, 0.25) is 11.8 Å². The molecule has 0 aliphatic heterocycles. The molecule has 0 atom stereocenters. The van der Waals surface area contributed by atoms with E-state index in [1.807, 2.05) is 45.9 Å². The van der Waals surface area contributed by atoms with E-state index in [1.54, 1.807) is 4.57 Å². The first kappa shape index (κ1) is 18.9. The van der Waals surface area contributed by atoms with E-state index in [0.717, 1.165) is 16.5 Å². The van der Waals surface area contributed by atoms with Gasteiger partial charge in [0.05, 0.1) is 11.8 Å². The standard InChI is InChI=1S/C20H22N6O3/c1-11-5-6-13-12(7-11)16-17(26(13)8-14(21)27)18(28)25(10-22-16)9-15-23-19(24-29-15)20(2,3)4/h5-7,10H,8-9H2,1-4H3,(H2,21,27). The Bertz CT molecular complexity index is 1310. The van der Waals surface area contributed by atoms with Crippen molar-refractivity contribution in [3.05, 3.63) is 52.2 Å². The highest BCUT2D eigenvalue weighted by molar-refractivity contribution is 6.06. The number of carbonyl (C=O) groups is 1. The molecule has 1 amide bonds. The zero-order valence-corrected chi connectivity index (χ0v) is 16.8. The third kappa shape index (κ3) is 3.28. The molecule has 4 aromatic rings. The van der Waals surface area contributed by atoms with E-state index < -0.39 is 5.91 Å². The van der Waals surface area contributed by atoms with Crippen LogP contribution in [0, 0.1) is 6.92 Å². The molecule has 0 saturated heterocycles. The maximum absolute atomic E-state index is 13.3. The Balaban J connectivity index is 1.88. The molecule has 0 unspecified atom stereocenters. The molecular formula is C20H22N6O3. The molecule has 0 spiro atoms. The second-order valence-corrected chi connectivity index (χ2v) is 8.21. The van der Waals surface area contributed by atoms with Gasteiger partial charge in [-0.25, -0.2) is 4.98 Å². The second kappa shape index (κ2) is 6.54. The summed E-state index contributed by atoms with van der Waals surface area (Å²) in [4.78, 5) is 33.8. The minimum atomic E-state index is -0.536. The van der Waals surface area contributed by atoms with E-state index >= 15 is 0 Å². The third-order valence-electron chi connectivity index (χ3n) is 4.74. The molecule has 4 rings (SSSR count). The Labute approximate surface area is 166 Å². The molecule has 9 heteroatoms. The summed E-state index contributed by atoms with van der Waals surface area (Å²) in [5.41, 5.74) is 7.48. The van der Waals surface area contributed by atoms with Crippen LogP contribution in [0.1, 0.15) is 38.0 Å². The lowest BCUT2D eigenvalue weighted by Crippen LogP contribution is -2.25. The fourth-order valence-corrected chi connectivity index (χ4v) is 3.32. The van der Waals surface area contributed by atoms with Crippen molar-refractivity contribution in [2.24, 2.45) is 5.73 Å². The lowest BCUT2D eigenvalue weighted by atomic mass is 9.96. The highest BCUT2D eigenvalue weighted by atomic mass is 16.5. The minimum absolute atomic E-state index is 0.0853. The quantitative estimate of drug-likeness (QED) is 0.564. The van der Waals surface area contributed by atoms with Gasteiger partial charge in [-0.2, -0.15) is 4.98 Å². The number of nitrogens with two attached hydrogens (primary N) is 1. The van der Waals surface area contributed by atoms with Crippen LogP contribution in [0.3, 0.4) is 0 Å². The van der Waals surface area contributed by atoms with Gasteiger partial charge in [0, 0.05) is 10.8 Å². The van der Waals surface area contributed by atoms with Crippen LogP contribution >= 0.6 is 0 Å². The summed E-state index contributed by atoms with van der Waals surface area (Å²) >= 11 is 0. The largest absolute Gasteiger partial charge is 0.368 e. The summed E-state index contributed by atoms with van der Waals surface area (Å²) in [6, 6.07) is 5.73. The molecule has 9 nitrogen and oxygen atoms in total. The zero-order valence-electron chi connectivity index (χ0n) is 16.8. The van der Waals surface area contributed by atoms with Crippen molar-refractivity contribution in [2.75, 3.05) is 0 Å². The Morgan fingerprint density at radius 1 is 1.28 bits per heavy atom. The van der Waals surface area contributed by atoms with E-state index in [9.17, 15) is 9.59 Å². The fourth-order valence-electron chi connectivity index (χ4n) is 3.32. The van der Waals surface area contributed by atoms with Crippen LogP contribution in [0.25, 0.3) is 21.9 Å². The summed E-state index contributed by atoms with van der Waals surface area (Å²) in [5, 5.41) is 4.79. The van der Waals surface area contributed by atoms with Crippen molar-refractivity contribution in [3.8, 4) is 0 Å². The molecule has 0 saturated carbocycles. The van der Waals surface area contributed by atoms with E-state index in [4.69, 9.17) is 10.3 Å². The zero-order chi connectivity index (χ0) is 20.9. The molecule has 1 aromatic carbocycles. The Hall–Kier alpha value is -3.49. The number of hydrogen-bond donors (Lipinski definition) is 1. The number of amides is 1. The van der Waals surface area contributed by atoms with Crippen LogP contribution in [0.2, 0.25) is 0 Å². The number of aryl methyl sites for hydroxylation is 1. The van der Waals surface area contributed by atoms with Crippen molar-refractivity contribution in [1.82, 2.24) is 24.3 Å². The molecule has 150 valence electrons. The van der Waals surface area contributed by atoms with Crippen molar-refractivity contribution in [3.63, 3.8) is 0 Å². The van der Waals surface area contributed by atoms with Gasteiger partial charge in [-0.1, -0.05) is 37.6 Å². The van der Waals surface area contributed by atoms with Crippen LogP contribution in [-0.2, 0) is 23.3 Å². The minimum Gasteiger partial charge on any atom is -0.368 e. The second-order valence-electron chi connectivity index (χ2n) is 8.21. The maximum Gasteiger partial charge on any atom is 0.278 e. The summed E-state index contributed by atoms with van der Waals surface area (Å²) in [6.45, 7) is 7.87. The number of benzene rings is 1. The first-order chi connectivity index (χ1) is 13.6. The average Bonchev–Trinajstić information content (AvgIpc) is 3.21. The van der Waals surface area contributed by atoms with Crippen LogP contribution < -0.4 is 11.3 Å². The highest BCUT2D eigenvalue weighted by Gasteiger charge is 2.22. The lowest BCUT2D eigenvalue weighted by molar-refractivity contribution is -0.118. The summed E-state index contributed by atoms with van der Waals surface area (Å²) < 4.78 is 8.31. The van der Waals surface area contributed by atoms with Gasteiger partial charge < -0.3 is 14.8 Å². The molecule has 0 bridgehead atoms. The Morgan fingerprint density at radius 3 is 2.69 bits per heavy atom. The summed E-state index contributed by atoms with van der Waals surface area (Å²) in [5.74, 6) is 0.338. The number of primary amides is 1. The number of carbonyl (C=O) groups excluding carboxylic acids is 1. The van der Waals surface area contributed by atoms with Crippen LogP contribution in [0.4, 0.5) is 0 Å². The first-order valence-electron chi connectivity index (χ1n) is 9.24. The third-order valence-corrected chi connectivity index (χ3v) is 4.74. The van der Waals surface area contributed by atoms with Gasteiger partial charge in [0.25, 0.3) is 5.56 Å². The molecule has 0 radical (unpaired) electrons. The molecule has 29 heavy (non-hydrogen) atoms. The SMILES string of the molecule is Cc1ccc2c(c1)c1ncn(Cc3nc(C(C)(C)C)no3)c(=O)c1n2CC(N)=O. The molecule has 0 aliphatic carbocycles. The monoisotopic (exact) mass is 394 g/mol. The molecular weight excluding hydrogens is 372 g/mol. The van der Waals surface area contributed by atoms with Gasteiger partial charge in [-0.3, -0.25) is 14.2 Å². The normalized spacial score (nSPS) is 12.1. The molecule has 3 heterocycles. The number of fused-ring (bicyclic) bond motifs is 3. The van der Waals surface area contributed by atoms with Crippen molar-refractivity contribution >= 4 is 27.8 Å². The predicted molar refractivity (Wildman–Crippen MR) is 108 cm³/mol. The van der Waals surface area contributed by atoms with E-state index in [2.05, 4.69) is 15.1 Å². The molecule has 0 aliphatic rings. The number of nitrogens with zero attached hydrogens (tertiary/aromatic N) is 5. The topological polar surface area (TPSA) is 122 Å². The van der Waals surface area contributed by atoms with Gasteiger partial charge in [-0.05, 0) is 19.1 Å². The van der Waals surface area contributed by atoms with E-state index in [-0.39, 0.29) is 24.1 Å². The Morgan fingerprint density at radius 2 is 2.03 bits per heavy atom. The van der Waals surface area contributed by atoms with Crippen LogP contribution in [-0.4, -0.2) is 30.2 Å². The Kier molecular flexibility index (Phi) is 4.25. The van der Waals surface area contributed by atoms with Crippen molar-refractivity contribution < 1.29 is 9.32 Å². The van der Waals surface area contributed by atoms with E-state index in [1.165, 1.54) is 10.9 Å². The highest BCUT2D eigenvalue weighted by Crippen LogP contribution is 2.26. The van der Waals surface area contributed by atoms with Crippen LogP contribution in [0.15, 0.2) is 33.8 Å². The number of hydrogen-bond acceptors (Lipinski definition) is 6. The predicted octanol–water partition coefficient (Wildman–Crippen LogP) is 1.87. The summed E-state index contributed by atoms with van der Waals surface area (Å²) in [7, 11) is 0. The molecule has 3 aromatic heterocycles. The van der Waals surface area contributed by atoms with Gasteiger partial charge in [0.1, 0.15) is 24.1 Å². The first-order valence-corrected chi connectivity index (χ1v) is 9.24. The van der Waals surface area contributed by atoms with Crippen molar-refractivity contribution in [2.45, 2.75) is 46.2 Å². The van der Waals surface area contributed by atoms with Gasteiger partial charge >= 0.3 is 0 Å². The fraction of sp³-hybridized carbons (Fsp3) is 0.350. The number of rotatable bonds is 4. The molecule has 2 N–H and O–H groups in total. The van der Waals surface area contributed by atoms with Crippen LogP contribution in [0.5, 0.6) is 0 Å². The van der Waals surface area contributed by atoms with Crippen molar-refractivity contribution in [1.29, 1.82) is 0 Å². The van der Waals surface area contributed by atoms with Gasteiger partial charge in [0.15, 0.2) is 5.82 Å². The average molecular weight is 394 g/mol. The summed E-state index contributed by atoms with van der Waals surface area (Å²) in [6.07, 6.45) is 1.46. The smallest absolute Gasteiger partial charge is 0.278 e. The van der Waals surface area contributed by atoms with Gasteiger partial charge in [-0.15, -0.1) is 0 Å². The maximum atomic E-state index is 13.3.